The van der Waals surface area contributed by atoms with Gasteiger partial charge in [0, 0.05) is 19.6 Å². The highest BCUT2D eigenvalue weighted by atomic mass is 16.5. The molecule has 0 unspecified atom stereocenters. The van der Waals surface area contributed by atoms with Crippen LogP contribution < -0.4 is 19.1 Å². The number of carbonyl (C=O) groups is 1. The molecule has 1 amide bonds. The van der Waals surface area contributed by atoms with Crippen LogP contribution in [0.15, 0.2) is 36.7 Å². The van der Waals surface area contributed by atoms with Crippen LogP contribution >= 0.6 is 0 Å². The SMILES string of the molecule is COc1cc2c(N3CCN(Cc4ccc(C)cc4)C(=O)C3)ncnc2c(OC)c1OC. The molecule has 2 heterocycles. The number of piperazine rings is 1. The molecule has 162 valence electrons. The summed E-state index contributed by atoms with van der Waals surface area (Å²) < 4.78 is 16.5. The molecular weight excluding hydrogens is 396 g/mol. The molecule has 0 atom stereocenters. The van der Waals surface area contributed by atoms with Crippen LogP contribution in [0.4, 0.5) is 5.82 Å². The highest BCUT2D eigenvalue weighted by molar-refractivity contribution is 5.98. The van der Waals surface area contributed by atoms with Crippen molar-refractivity contribution >= 4 is 22.6 Å². The fourth-order valence-corrected chi connectivity index (χ4v) is 3.87. The van der Waals surface area contributed by atoms with E-state index in [4.69, 9.17) is 14.2 Å². The number of fused-ring (bicyclic) bond motifs is 1. The first-order chi connectivity index (χ1) is 15.0. The van der Waals surface area contributed by atoms with Crippen molar-refractivity contribution in [1.29, 1.82) is 0 Å². The van der Waals surface area contributed by atoms with Crippen molar-refractivity contribution in [2.45, 2.75) is 13.5 Å². The molecule has 1 fully saturated rings. The van der Waals surface area contributed by atoms with Gasteiger partial charge in [-0.3, -0.25) is 4.79 Å². The number of carbonyl (C=O) groups excluding carboxylic acids is 1. The molecule has 2 aromatic carbocycles. The minimum absolute atomic E-state index is 0.0611. The number of benzene rings is 2. The van der Waals surface area contributed by atoms with Crippen molar-refractivity contribution in [2.24, 2.45) is 0 Å². The molecule has 1 aromatic heterocycles. The van der Waals surface area contributed by atoms with E-state index in [2.05, 4.69) is 41.2 Å². The normalized spacial score (nSPS) is 14.1. The molecule has 4 rings (SSSR count). The summed E-state index contributed by atoms with van der Waals surface area (Å²) in [6, 6.07) is 10.1. The number of nitrogens with zero attached hydrogens (tertiary/aromatic N) is 4. The summed E-state index contributed by atoms with van der Waals surface area (Å²) in [6.07, 6.45) is 1.48. The molecule has 0 radical (unpaired) electrons. The second-order valence-corrected chi connectivity index (χ2v) is 7.46. The van der Waals surface area contributed by atoms with E-state index in [-0.39, 0.29) is 12.5 Å². The lowest BCUT2D eigenvalue weighted by Gasteiger charge is -2.35. The average molecular weight is 422 g/mol. The van der Waals surface area contributed by atoms with Gasteiger partial charge in [-0.1, -0.05) is 29.8 Å². The molecule has 0 saturated carbocycles. The number of amides is 1. The number of rotatable bonds is 6. The van der Waals surface area contributed by atoms with Gasteiger partial charge in [0.05, 0.1) is 33.3 Å². The monoisotopic (exact) mass is 422 g/mol. The van der Waals surface area contributed by atoms with Crippen molar-refractivity contribution in [3.63, 3.8) is 0 Å². The molecule has 8 heteroatoms. The van der Waals surface area contributed by atoms with Gasteiger partial charge in [0.25, 0.3) is 0 Å². The van der Waals surface area contributed by atoms with E-state index in [1.165, 1.54) is 11.9 Å². The van der Waals surface area contributed by atoms with Gasteiger partial charge >= 0.3 is 0 Å². The highest BCUT2D eigenvalue weighted by Crippen LogP contribution is 2.44. The zero-order chi connectivity index (χ0) is 22.0. The first-order valence-corrected chi connectivity index (χ1v) is 10.1. The smallest absolute Gasteiger partial charge is 0.242 e. The van der Waals surface area contributed by atoms with Crippen LogP contribution in [0.25, 0.3) is 10.9 Å². The standard InChI is InChI=1S/C23H26N4O4/c1-15-5-7-16(8-6-15)12-26-9-10-27(13-19(26)28)23-17-11-18(29-2)21(30-3)22(31-4)20(17)24-14-25-23/h5-8,11,14H,9-10,12-13H2,1-4H3. The first kappa shape index (κ1) is 20.7. The van der Waals surface area contributed by atoms with Gasteiger partial charge in [-0.15, -0.1) is 0 Å². The Hall–Kier alpha value is -3.55. The van der Waals surface area contributed by atoms with Gasteiger partial charge in [0.1, 0.15) is 17.7 Å². The Labute approximate surface area is 181 Å². The Kier molecular flexibility index (Phi) is 5.79. The quantitative estimate of drug-likeness (QED) is 0.605. The molecule has 8 nitrogen and oxygen atoms in total. The third-order valence-electron chi connectivity index (χ3n) is 5.52. The molecule has 1 saturated heterocycles. The number of ether oxygens (including phenoxy) is 3. The number of aryl methyl sites for hydroxylation is 1. The van der Waals surface area contributed by atoms with E-state index in [0.29, 0.717) is 48.2 Å². The van der Waals surface area contributed by atoms with Gasteiger partial charge in [0.15, 0.2) is 11.5 Å². The summed E-state index contributed by atoms with van der Waals surface area (Å²) in [7, 11) is 4.69. The Balaban J connectivity index is 1.62. The first-order valence-electron chi connectivity index (χ1n) is 10.1. The minimum atomic E-state index is 0.0611. The summed E-state index contributed by atoms with van der Waals surface area (Å²) in [5.41, 5.74) is 2.94. The van der Waals surface area contributed by atoms with Gasteiger partial charge in [-0.05, 0) is 18.6 Å². The largest absolute Gasteiger partial charge is 0.493 e. The second-order valence-electron chi connectivity index (χ2n) is 7.46. The van der Waals surface area contributed by atoms with Crippen LogP contribution in [-0.4, -0.2) is 61.7 Å². The molecule has 0 bridgehead atoms. The summed E-state index contributed by atoms with van der Waals surface area (Å²) in [4.78, 5) is 25.6. The van der Waals surface area contributed by atoms with Gasteiger partial charge < -0.3 is 24.0 Å². The lowest BCUT2D eigenvalue weighted by molar-refractivity contribution is -0.131. The topological polar surface area (TPSA) is 77.0 Å². The van der Waals surface area contributed by atoms with E-state index in [1.54, 1.807) is 21.3 Å². The molecule has 0 spiro atoms. The average Bonchev–Trinajstić information content (AvgIpc) is 2.79. The van der Waals surface area contributed by atoms with Crippen molar-refractivity contribution in [3.8, 4) is 17.2 Å². The van der Waals surface area contributed by atoms with E-state index < -0.39 is 0 Å². The highest BCUT2D eigenvalue weighted by Gasteiger charge is 2.28. The van der Waals surface area contributed by atoms with E-state index in [0.717, 1.165) is 10.9 Å². The number of anilines is 1. The fraction of sp³-hybridized carbons (Fsp3) is 0.348. The van der Waals surface area contributed by atoms with Crippen molar-refractivity contribution in [2.75, 3.05) is 45.9 Å². The lowest BCUT2D eigenvalue weighted by atomic mass is 10.1. The van der Waals surface area contributed by atoms with Crippen molar-refractivity contribution in [3.05, 3.63) is 47.8 Å². The zero-order valence-corrected chi connectivity index (χ0v) is 18.2. The fourth-order valence-electron chi connectivity index (χ4n) is 3.87. The Bertz CT molecular complexity index is 1100. The maximum atomic E-state index is 12.9. The summed E-state index contributed by atoms with van der Waals surface area (Å²) in [6.45, 7) is 4.19. The Morgan fingerprint density at radius 2 is 1.71 bits per heavy atom. The maximum absolute atomic E-state index is 12.9. The van der Waals surface area contributed by atoms with Crippen LogP contribution in [0.3, 0.4) is 0 Å². The van der Waals surface area contributed by atoms with E-state index in [1.807, 2.05) is 15.9 Å². The third kappa shape index (κ3) is 3.93. The van der Waals surface area contributed by atoms with Crippen molar-refractivity contribution < 1.29 is 19.0 Å². The van der Waals surface area contributed by atoms with Gasteiger partial charge in [0.2, 0.25) is 11.7 Å². The molecule has 0 N–H and O–H groups in total. The Morgan fingerprint density at radius 3 is 2.35 bits per heavy atom. The number of aromatic nitrogens is 2. The van der Waals surface area contributed by atoms with Crippen molar-refractivity contribution in [1.82, 2.24) is 14.9 Å². The second kappa shape index (κ2) is 8.67. The number of hydrogen-bond donors (Lipinski definition) is 0. The molecule has 0 aliphatic carbocycles. The van der Waals surface area contributed by atoms with Gasteiger partial charge in [-0.2, -0.15) is 0 Å². The lowest BCUT2D eigenvalue weighted by Crippen LogP contribution is -2.50. The van der Waals surface area contributed by atoms with Crippen LogP contribution in [-0.2, 0) is 11.3 Å². The number of hydrogen-bond acceptors (Lipinski definition) is 7. The molecule has 1 aliphatic heterocycles. The predicted octanol–water partition coefficient (Wildman–Crippen LogP) is 2.81. The third-order valence-corrected chi connectivity index (χ3v) is 5.52. The summed E-state index contributed by atoms with van der Waals surface area (Å²) >= 11 is 0. The van der Waals surface area contributed by atoms with Gasteiger partial charge in [-0.25, -0.2) is 9.97 Å². The summed E-state index contributed by atoms with van der Waals surface area (Å²) in [5, 5.41) is 0.747. The predicted molar refractivity (Wildman–Crippen MR) is 118 cm³/mol. The zero-order valence-electron chi connectivity index (χ0n) is 18.2. The molecule has 3 aromatic rings. The van der Waals surface area contributed by atoms with Crippen LogP contribution in [0.5, 0.6) is 17.2 Å². The van der Waals surface area contributed by atoms with Crippen LogP contribution in [0.2, 0.25) is 0 Å². The Morgan fingerprint density at radius 1 is 0.968 bits per heavy atom. The minimum Gasteiger partial charge on any atom is -0.493 e. The maximum Gasteiger partial charge on any atom is 0.242 e. The van der Waals surface area contributed by atoms with Crippen LogP contribution in [0.1, 0.15) is 11.1 Å². The molecule has 1 aliphatic rings. The van der Waals surface area contributed by atoms with Crippen LogP contribution in [0, 0.1) is 6.92 Å². The van der Waals surface area contributed by atoms with E-state index in [9.17, 15) is 4.79 Å². The number of methoxy groups -OCH3 is 3. The van der Waals surface area contributed by atoms with E-state index >= 15 is 0 Å². The molecular formula is C23H26N4O4. The molecule has 31 heavy (non-hydrogen) atoms. The summed E-state index contributed by atoms with van der Waals surface area (Å²) in [5.74, 6) is 2.21.